The Kier molecular flexibility index (Phi) is 6.49. The van der Waals surface area contributed by atoms with E-state index in [4.69, 9.17) is 9.47 Å². The summed E-state index contributed by atoms with van der Waals surface area (Å²) < 4.78 is 12.3. The second-order valence-electron chi connectivity index (χ2n) is 7.61. The fourth-order valence-corrected chi connectivity index (χ4v) is 3.74. The van der Waals surface area contributed by atoms with E-state index in [1.54, 1.807) is 54.0 Å². The fraction of sp³-hybridized carbons (Fsp3) is 0.333. The third kappa shape index (κ3) is 4.80. The number of esters is 1. The molecular weight excluding hydrogens is 410 g/mol. The number of anilines is 1. The van der Waals surface area contributed by atoms with E-state index >= 15 is 0 Å². The predicted molar refractivity (Wildman–Crippen MR) is 120 cm³/mol. The molecule has 4 rings (SSSR count). The number of amides is 1. The molecule has 0 atom stereocenters. The van der Waals surface area contributed by atoms with Gasteiger partial charge in [0, 0.05) is 18.7 Å². The second-order valence-corrected chi connectivity index (χ2v) is 7.61. The van der Waals surface area contributed by atoms with Gasteiger partial charge >= 0.3 is 5.97 Å². The predicted octanol–water partition coefficient (Wildman–Crippen LogP) is 3.32. The molecule has 1 aromatic heterocycles. The van der Waals surface area contributed by atoms with Gasteiger partial charge in [-0.05, 0) is 62.2 Å². The van der Waals surface area contributed by atoms with Crippen LogP contribution in [0.3, 0.4) is 0 Å². The Bertz CT molecular complexity index is 1200. The SMILES string of the molecule is CCOC(=O)c1ccc(NC(=O)COc2ccc3nc4n(c(=O)c3c2)CCCCC4)cc1. The molecule has 1 aliphatic heterocycles. The summed E-state index contributed by atoms with van der Waals surface area (Å²) in [5.74, 6) is 0.499. The van der Waals surface area contributed by atoms with E-state index in [2.05, 4.69) is 10.3 Å². The molecule has 0 aliphatic carbocycles. The van der Waals surface area contributed by atoms with Gasteiger partial charge in [0.05, 0.1) is 23.1 Å². The molecule has 0 radical (unpaired) electrons. The van der Waals surface area contributed by atoms with Crippen LogP contribution in [0.4, 0.5) is 5.69 Å². The summed E-state index contributed by atoms with van der Waals surface area (Å²) >= 11 is 0. The molecule has 0 bridgehead atoms. The van der Waals surface area contributed by atoms with Crippen molar-refractivity contribution in [3.8, 4) is 5.75 Å². The second kappa shape index (κ2) is 9.64. The maximum absolute atomic E-state index is 12.9. The zero-order valence-corrected chi connectivity index (χ0v) is 17.9. The van der Waals surface area contributed by atoms with Crippen LogP contribution < -0.4 is 15.6 Å². The molecule has 0 unspecified atom stereocenters. The van der Waals surface area contributed by atoms with Gasteiger partial charge in [0.2, 0.25) is 0 Å². The number of carbonyl (C=O) groups is 2. The Morgan fingerprint density at radius 1 is 1.09 bits per heavy atom. The van der Waals surface area contributed by atoms with Gasteiger partial charge in [-0.3, -0.25) is 14.2 Å². The van der Waals surface area contributed by atoms with Gasteiger partial charge in [-0.25, -0.2) is 9.78 Å². The van der Waals surface area contributed by atoms with Crippen molar-refractivity contribution in [1.82, 2.24) is 9.55 Å². The highest BCUT2D eigenvalue weighted by Gasteiger charge is 2.14. The number of aromatic nitrogens is 2. The average molecular weight is 435 g/mol. The molecule has 2 aromatic carbocycles. The minimum absolute atomic E-state index is 0.0662. The van der Waals surface area contributed by atoms with Crippen LogP contribution in [0.25, 0.3) is 10.9 Å². The molecule has 2 heterocycles. The number of benzene rings is 2. The molecule has 8 heteroatoms. The summed E-state index contributed by atoms with van der Waals surface area (Å²) in [6.45, 7) is 2.50. The maximum Gasteiger partial charge on any atom is 0.338 e. The third-order valence-electron chi connectivity index (χ3n) is 5.34. The molecule has 0 fully saturated rings. The van der Waals surface area contributed by atoms with Crippen LogP contribution in [0.1, 0.15) is 42.4 Å². The number of nitrogens with zero attached hydrogens (tertiary/aromatic N) is 2. The smallest absolute Gasteiger partial charge is 0.338 e. The number of ether oxygens (including phenoxy) is 2. The Morgan fingerprint density at radius 3 is 2.69 bits per heavy atom. The van der Waals surface area contributed by atoms with Crippen molar-refractivity contribution in [2.24, 2.45) is 0 Å². The minimum Gasteiger partial charge on any atom is -0.484 e. The van der Waals surface area contributed by atoms with Crippen LogP contribution >= 0.6 is 0 Å². The molecule has 32 heavy (non-hydrogen) atoms. The van der Waals surface area contributed by atoms with Gasteiger partial charge in [-0.15, -0.1) is 0 Å². The van der Waals surface area contributed by atoms with E-state index in [1.807, 2.05) is 0 Å². The Morgan fingerprint density at radius 2 is 1.91 bits per heavy atom. The summed E-state index contributed by atoms with van der Waals surface area (Å²) in [6.07, 6.45) is 3.91. The first-order valence-corrected chi connectivity index (χ1v) is 10.8. The van der Waals surface area contributed by atoms with Crippen molar-refractivity contribution in [2.75, 3.05) is 18.5 Å². The van der Waals surface area contributed by atoms with Crippen LogP contribution in [0.2, 0.25) is 0 Å². The van der Waals surface area contributed by atoms with Gasteiger partial charge in [-0.2, -0.15) is 0 Å². The topological polar surface area (TPSA) is 99.5 Å². The summed E-state index contributed by atoms with van der Waals surface area (Å²) in [7, 11) is 0. The van der Waals surface area contributed by atoms with Crippen LogP contribution in [0.15, 0.2) is 47.3 Å². The van der Waals surface area contributed by atoms with E-state index in [9.17, 15) is 14.4 Å². The van der Waals surface area contributed by atoms with Gasteiger partial charge in [0.15, 0.2) is 6.61 Å². The number of hydrogen-bond acceptors (Lipinski definition) is 6. The first-order chi connectivity index (χ1) is 15.5. The Balaban J connectivity index is 1.41. The molecule has 1 amide bonds. The van der Waals surface area contributed by atoms with Gasteiger partial charge in [0.25, 0.3) is 11.5 Å². The van der Waals surface area contributed by atoms with E-state index in [1.165, 1.54) is 0 Å². The molecular formula is C24H25N3O5. The first-order valence-electron chi connectivity index (χ1n) is 10.8. The standard InChI is InChI=1S/C24H25N3O5/c1-2-31-24(30)16-7-9-17(10-8-16)25-22(28)15-32-18-11-12-20-19(14-18)23(29)27-13-5-3-4-6-21(27)26-20/h7-12,14H,2-6,13,15H2,1H3,(H,25,28). The van der Waals surface area contributed by atoms with Crippen molar-refractivity contribution < 1.29 is 19.1 Å². The maximum atomic E-state index is 12.9. The highest BCUT2D eigenvalue weighted by Crippen LogP contribution is 2.20. The van der Waals surface area contributed by atoms with Crippen molar-refractivity contribution in [3.05, 3.63) is 64.2 Å². The van der Waals surface area contributed by atoms with Crippen molar-refractivity contribution in [3.63, 3.8) is 0 Å². The first kappa shape index (κ1) is 21.5. The molecule has 1 N–H and O–H groups in total. The zero-order chi connectivity index (χ0) is 22.5. The number of nitrogens with one attached hydrogen (secondary N) is 1. The molecule has 8 nitrogen and oxygen atoms in total. The molecule has 3 aromatic rings. The lowest BCUT2D eigenvalue weighted by Crippen LogP contribution is -2.24. The van der Waals surface area contributed by atoms with Gasteiger partial charge in [0.1, 0.15) is 11.6 Å². The van der Waals surface area contributed by atoms with E-state index in [-0.39, 0.29) is 18.1 Å². The lowest BCUT2D eigenvalue weighted by atomic mass is 10.2. The number of aryl methyl sites for hydroxylation is 1. The number of fused-ring (bicyclic) bond motifs is 2. The van der Waals surface area contributed by atoms with Crippen molar-refractivity contribution in [1.29, 1.82) is 0 Å². The highest BCUT2D eigenvalue weighted by molar-refractivity contribution is 5.93. The largest absolute Gasteiger partial charge is 0.484 e. The van der Waals surface area contributed by atoms with Gasteiger partial charge in [-0.1, -0.05) is 6.42 Å². The number of carbonyl (C=O) groups excluding carboxylic acids is 2. The fourth-order valence-electron chi connectivity index (χ4n) is 3.74. The molecule has 0 saturated carbocycles. The highest BCUT2D eigenvalue weighted by atomic mass is 16.5. The molecule has 1 aliphatic rings. The third-order valence-corrected chi connectivity index (χ3v) is 5.34. The van der Waals surface area contributed by atoms with E-state index in [0.29, 0.717) is 41.1 Å². The van der Waals surface area contributed by atoms with E-state index in [0.717, 1.165) is 31.5 Å². The average Bonchev–Trinajstić information content (AvgIpc) is 3.04. The monoisotopic (exact) mass is 435 g/mol. The molecule has 0 spiro atoms. The van der Waals surface area contributed by atoms with Gasteiger partial charge < -0.3 is 14.8 Å². The van der Waals surface area contributed by atoms with Crippen LogP contribution in [-0.2, 0) is 22.5 Å². The zero-order valence-electron chi connectivity index (χ0n) is 17.9. The minimum atomic E-state index is -0.410. The molecule has 166 valence electrons. The number of rotatable bonds is 6. The van der Waals surface area contributed by atoms with Crippen LogP contribution in [-0.4, -0.2) is 34.6 Å². The normalized spacial score (nSPS) is 13.2. The summed E-state index contributed by atoms with van der Waals surface area (Å²) in [5, 5.41) is 3.20. The quantitative estimate of drug-likeness (QED) is 0.597. The van der Waals surface area contributed by atoms with Crippen LogP contribution in [0, 0.1) is 0 Å². The lowest BCUT2D eigenvalue weighted by molar-refractivity contribution is -0.118. The lowest BCUT2D eigenvalue weighted by Gasteiger charge is -2.12. The van der Waals surface area contributed by atoms with Crippen molar-refractivity contribution in [2.45, 2.75) is 39.2 Å². The van der Waals surface area contributed by atoms with E-state index < -0.39 is 5.97 Å². The summed E-state index contributed by atoms with van der Waals surface area (Å²) in [5.41, 5.74) is 1.52. The molecule has 0 saturated heterocycles. The Labute approximate surface area is 185 Å². The Hall–Kier alpha value is -3.68. The van der Waals surface area contributed by atoms with Crippen molar-refractivity contribution >= 4 is 28.5 Å². The number of hydrogen-bond donors (Lipinski definition) is 1. The van der Waals surface area contributed by atoms with Crippen LogP contribution in [0.5, 0.6) is 5.75 Å². The summed E-state index contributed by atoms with van der Waals surface area (Å²) in [4.78, 5) is 41.5. The summed E-state index contributed by atoms with van der Waals surface area (Å²) in [6, 6.07) is 11.5.